The molecule has 2 N–H and O–H groups in total. The summed E-state index contributed by atoms with van der Waals surface area (Å²) < 4.78 is 11.9. The predicted molar refractivity (Wildman–Crippen MR) is 56.2 cm³/mol. The summed E-state index contributed by atoms with van der Waals surface area (Å²) in [5.41, 5.74) is -0.762. The highest BCUT2D eigenvalue weighted by Gasteiger charge is 2.51. The van der Waals surface area contributed by atoms with E-state index in [-0.39, 0.29) is 12.1 Å². The summed E-state index contributed by atoms with van der Waals surface area (Å²) in [6.07, 6.45) is 2.14. The maximum absolute atomic E-state index is 11.0. The number of nitrogens with zero attached hydrogens (tertiary/aromatic N) is 1. The lowest BCUT2D eigenvalue weighted by atomic mass is 9.94. The molecule has 0 bridgehead atoms. The largest absolute Gasteiger partial charge is 0.327 e. The minimum atomic E-state index is -4.08. The number of hydrogen-bond donors (Lipinski definition) is 2. The van der Waals surface area contributed by atoms with Crippen LogP contribution in [0.3, 0.4) is 0 Å². The van der Waals surface area contributed by atoms with Crippen molar-refractivity contribution in [3.05, 3.63) is 0 Å². The Hall–Kier alpha value is 0.690. The van der Waals surface area contributed by atoms with E-state index >= 15 is 0 Å². The van der Waals surface area contributed by atoms with Crippen molar-refractivity contribution < 1.29 is 14.4 Å². The van der Waals surface area contributed by atoms with Crippen LogP contribution in [0.25, 0.3) is 0 Å². The van der Waals surface area contributed by atoms with Gasteiger partial charge in [0.25, 0.3) is 0 Å². The zero-order chi connectivity index (χ0) is 11.0. The molecule has 84 valence electrons. The van der Waals surface area contributed by atoms with Crippen molar-refractivity contribution in [2.75, 3.05) is 6.16 Å². The molecular weight excluding hydrogens is 248 g/mol. The van der Waals surface area contributed by atoms with Crippen LogP contribution in [0.4, 0.5) is 0 Å². The fourth-order valence-corrected chi connectivity index (χ4v) is 3.96. The van der Waals surface area contributed by atoms with E-state index in [4.69, 9.17) is 33.3 Å². The predicted octanol–water partition coefficient (Wildman–Crippen LogP) is 2.33. The maximum atomic E-state index is 11.0. The second kappa shape index (κ2) is 4.28. The van der Waals surface area contributed by atoms with Gasteiger partial charge in [-0.3, -0.25) is 4.57 Å². The van der Waals surface area contributed by atoms with Crippen molar-refractivity contribution in [3.63, 3.8) is 0 Å². The molecule has 0 heterocycles. The second-order valence-corrected chi connectivity index (χ2v) is 6.28. The molecule has 1 fully saturated rings. The van der Waals surface area contributed by atoms with Crippen molar-refractivity contribution in [2.45, 2.75) is 31.7 Å². The minimum absolute atomic E-state index is 0.204. The highest BCUT2D eigenvalue weighted by atomic mass is 35.5. The summed E-state index contributed by atoms with van der Waals surface area (Å²) in [5.74, 6) is 0.204. The molecule has 0 amide bonds. The standard InChI is InChI=1S/C7H14Cl2NO3P/c1-2-7(10(8)9,6-3-4-6)5-14(11,12)13/h6H,2-5H2,1H3,(H2,11,12,13). The van der Waals surface area contributed by atoms with Gasteiger partial charge in [0, 0.05) is 0 Å². The normalized spacial score (nSPS) is 22.4. The van der Waals surface area contributed by atoms with E-state index in [1.807, 2.05) is 6.92 Å². The molecular formula is C7H14Cl2NO3P. The maximum Gasteiger partial charge on any atom is 0.327 e. The molecule has 0 spiro atoms. The molecule has 0 aliphatic heterocycles. The topological polar surface area (TPSA) is 60.8 Å². The van der Waals surface area contributed by atoms with Gasteiger partial charge >= 0.3 is 7.60 Å². The smallest absolute Gasteiger partial charge is 0.324 e. The Morgan fingerprint density at radius 3 is 2.21 bits per heavy atom. The van der Waals surface area contributed by atoms with Crippen molar-refractivity contribution in [3.8, 4) is 0 Å². The van der Waals surface area contributed by atoms with Crippen LogP contribution in [0.5, 0.6) is 0 Å². The summed E-state index contributed by atoms with van der Waals surface area (Å²) in [7, 11) is -4.08. The van der Waals surface area contributed by atoms with Gasteiger partial charge in [-0.1, -0.05) is 6.92 Å². The summed E-state index contributed by atoms with van der Waals surface area (Å²) in [6, 6.07) is 0. The molecule has 1 aliphatic rings. The molecule has 7 heteroatoms. The molecule has 0 aromatic carbocycles. The highest BCUT2D eigenvalue weighted by molar-refractivity contribution is 7.51. The summed E-state index contributed by atoms with van der Waals surface area (Å²) in [4.78, 5) is 18.0. The van der Waals surface area contributed by atoms with Gasteiger partial charge in [0.1, 0.15) is 0 Å². The fraction of sp³-hybridized carbons (Fsp3) is 1.00. The Labute approximate surface area is 93.6 Å². The second-order valence-electron chi connectivity index (χ2n) is 3.79. The number of rotatable bonds is 5. The van der Waals surface area contributed by atoms with Crippen LogP contribution in [0.15, 0.2) is 0 Å². The van der Waals surface area contributed by atoms with Gasteiger partial charge in [0.2, 0.25) is 0 Å². The molecule has 1 aliphatic carbocycles. The summed E-state index contributed by atoms with van der Waals surface area (Å²) in [5, 5.41) is 0. The third kappa shape index (κ3) is 2.84. The van der Waals surface area contributed by atoms with Crippen LogP contribution in [0, 0.1) is 5.92 Å². The molecule has 0 radical (unpaired) electrons. The first-order valence-electron chi connectivity index (χ1n) is 4.48. The first-order chi connectivity index (χ1) is 6.32. The van der Waals surface area contributed by atoms with Gasteiger partial charge in [0.05, 0.1) is 11.7 Å². The summed E-state index contributed by atoms with van der Waals surface area (Å²) >= 11 is 11.4. The SMILES string of the molecule is CCC(CP(=O)(O)O)(C1CC1)N(Cl)Cl. The Kier molecular flexibility index (Phi) is 3.90. The Bertz CT molecular complexity index is 249. The average Bonchev–Trinajstić information content (AvgIpc) is 2.80. The molecule has 1 atom stereocenters. The lowest BCUT2D eigenvalue weighted by Gasteiger charge is -2.35. The molecule has 4 nitrogen and oxygen atoms in total. The van der Waals surface area contributed by atoms with Crippen molar-refractivity contribution in [1.29, 1.82) is 0 Å². The minimum Gasteiger partial charge on any atom is -0.324 e. The first kappa shape index (κ1) is 12.8. The van der Waals surface area contributed by atoms with E-state index < -0.39 is 13.1 Å². The third-order valence-corrected chi connectivity index (χ3v) is 4.40. The molecule has 1 saturated carbocycles. The lowest BCUT2D eigenvalue weighted by molar-refractivity contribution is 0.246. The van der Waals surface area contributed by atoms with Crippen LogP contribution in [0.2, 0.25) is 0 Å². The van der Waals surface area contributed by atoms with Crippen molar-refractivity contribution >= 4 is 31.1 Å². The van der Waals surface area contributed by atoms with Gasteiger partial charge in [-0.05, 0) is 48.7 Å². The molecule has 1 unspecified atom stereocenters. The fourth-order valence-electron chi connectivity index (χ4n) is 1.82. The van der Waals surface area contributed by atoms with Crippen molar-refractivity contribution in [1.82, 2.24) is 3.94 Å². The molecule has 0 saturated heterocycles. The van der Waals surface area contributed by atoms with E-state index in [1.54, 1.807) is 0 Å². The first-order valence-corrected chi connectivity index (χ1v) is 6.95. The zero-order valence-electron chi connectivity index (χ0n) is 7.86. The zero-order valence-corrected chi connectivity index (χ0v) is 10.3. The molecule has 0 aromatic heterocycles. The monoisotopic (exact) mass is 261 g/mol. The Morgan fingerprint density at radius 2 is 2.00 bits per heavy atom. The average molecular weight is 262 g/mol. The lowest BCUT2D eigenvalue weighted by Crippen LogP contribution is -2.43. The van der Waals surface area contributed by atoms with Gasteiger partial charge in [0.15, 0.2) is 0 Å². The Morgan fingerprint density at radius 1 is 1.50 bits per heavy atom. The van der Waals surface area contributed by atoms with Gasteiger partial charge < -0.3 is 9.79 Å². The van der Waals surface area contributed by atoms with Crippen LogP contribution >= 0.6 is 31.1 Å². The molecule has 14 heavy (non-hydrogen) atoms. The molecule has 1 rings (SSSR count). The van der Waals surface area contributed by atoms with Gasteiger partial charge in [-0.15, -0.1) is 3.94 Å². The number of hydrogen-bond acceptors (Lipinski definition) is 2. The van der Waals surface area contributed by atoms with Gasteiger partial charge in [-0.25, -0.2) is 0 Å². The highest BCUT2D eigenvalue weighted by Crippen LogP contribution is 2.53. The van der Waals surface area contributed by atoms with E-state index in [2.05, 4.69) is 0 Å². The molecule has 0 aromatic rings. The van der Waals surface area contributed by atoms with Crippen molar-refractivity contribution in [2.24, 2.45) is 5.92 Å². The van der Waals surface area contributed by atoms with E-state index in [0.717, 1.165) is 16.8 Å². The Balaban J connectivity index is 2.84. The van der Waals surface area contributed by atoms with Crippen LogP contribution in [-0.2, 0) is 4.57 Å². The number of halogens is 2. The third-order valence-electron chi connectivity index (χ3n) is 2.77. The van der Waals surface area contributed by atoms with Crippen LogP contribution < -0.4 is 0 Å². The summed E-state index contributed by atoms with van der Waals surface area (Å²) in [6.45, 7) is 1.84. The van der Waals surface area contributed by atoms with Crippen LogP contribution in [0.1, 0.15) is 26.2 Å². The quantitative estimate of drug-likeness (QED) is 0.589. The van der Waals surface area contributed by atoms with E-state index in [1.165, 1.54) is 0 Å². The van der Waals surface area contributed by atoms with E-state index in [0.29, 0.717) is 6.42 Å². The van der Waals surface area contributed by atoms with Gasteiger partial charge in [-0.2, -0.15) is 0 Å². The van der Waals surface area contributed by atoms with E-state index in [9.17, 15) is 4.57 Å². The van der Waals surface area contributed by atoms with Crippen LogP contribution in [-0.4, -0.2) is 25.4 Å².